The highest BCUT2D eigenvalue weighted by atomic mass is 35.5. The van der Waals surface area contributed by atoms with Crippen LogP contribution in [0.25, 0.3) is 10.9 Å². The lowest BCUT2D eigenvalue weighted by atomic mass is 9.87. The van der Waals surface area contributed by atoms with Crippen LogP contribution in [0.1, 0.15) is 36.8 Å². The number of nitrogens with one attached hydrogen (secondary N) is 1. The van der Waals surface area contributed by atoms with Gasteiger partial charge >= 0.3 is 0 Å². The quantitative estimate of drug-likeness (QED) is 0.706. The maximum Gasteiger partial charge on any atom is 0.266 e. The molecule has 5 nitrogen and oxygen atoms in total. The van der Waals surface area contributed by atoms with Crippen LogP contribution in [0.2, 0.25) is 5.02 Å². The molecule has 0 spiro atoms. The minimum Gasteiger partial charge on any atom is -0.364 e. The average molecular weight is 391 g/mol. The van der Waals surface area contributed by atoms with Gasteiger partial charge in [-0.1, -0.05) is 44.5 Å². The van der Waals surface area contributed by atoms with Crippen LogP contribution in [-0.4, -0.2) is 19.3 Å². The number of aromatic nitrogens is 1. The number of primary amides is 1. The van der Waals surface area contributed by atoms with Crippen molar-refractivity contribution < 1.29 is 13.2 Å². The van der Waals surface area contributed by atoms with Gasteiger partial charge in [0.15, 0.2) is 0 Å². The number of aromatic amines is 1. The van der Waals surface area contributed by atoms with Crippen molar-refractivity contribution in [2.75, 3.05) is 0 Å². The van der Waals surface area contributed by atoms with Crippen molar-refractivity contribution in [3.8, 4) is 0 Å². The highest BCUT2D eigenvalue weighted by Gasteiger charge is 2.29. The molecule has 2 aromatic carbocycles. The van der Waals surface area contributed by atoms with Crippen molar-refractivity contribution in [3.05, 3.63) is 58.7 Å². The molecule has 136 valence electrons. The standard InChI is InChI=1S/C19H19ClN2O3S/c1-19(2,3)11-4-7-13(8-5-11)26(24,25)17-14-10-12(20)6-9-15(14)22-16(17)18(21)23/h4-10,22H,1-3H3,(H2,21,23). The van der Waals surface area contributed by atoms with Crippen LogP contribution in [0.3, 0.4) is 0 Å². The summed E-state index contributed by atoms with van der Waals surface area (Å²) in [4.78, 5) is 14.6. The molecule has 0 bridgehead atoms. The smallest absolute Gasteiger partial charge is 0.266 e. The first-order valence-corrected chi connectivity index (χ1v) is 9.84. The van der Waals surface area contributed by atoms with E-state index in [2.05, 4.69) is 4.98 Å². The Kier molecular flexibility index (Phi) is 4.37. The number of hydrogen-bond acceptors (Lipinski definition) is 3. The normalized spacial score (nSPS) is 12.5. The predicted molar refractivity (Wildman–Crippen MR) is 102 cm³/mol. The van der Waals surface area contributed by atoms with Crippen LogP contribution < -0.4 is 5.73 Å². The van der Waals surface area contributed by atoms with Crippen molar-refractivity contribution in [1.82, 2.24) is 4.98 Å². The van der Waals surface area contributed by atoms with Gasteiger partial charge in [-0.3, -0.25) is 4.79 Å². The number of carbonyl (C=O) groups excluding carboxylic acids is 1. The Morgan fingerprint density at radius 3 is 2.23 bits per heavy atom. The molecule has 1 aromatic heterocycles. The largest absolute Gasteiger partial charge is 0.364 e. The second-order valence-electron chi connectivity index (χ2n) is 7.16. The molecule has 3 rings (SSSR count). The van der Waals surface area contributed by atoms with Gasteiger partial charge < -0.3 is 10.7 Å². The van der Waals surface area contributed by atoms with E-state index in [-0.39, 0.29) is 20.9 Å². The zero-order valence-corrected chi connectivity index (χ0v) is 16.2. The van der Waals surface area contributed by atoms with E-state index in [1.807, 2.05) is 20.8 Å². The first-order valence-electron chi connectivity index (χ1n) is 7.98. The number of benzene rings is 2. The molecule has 26 heavy (non-hydrogen) atoms. The molecule has 3 N–H and O–H groups in total. The number of amides is 1. The van der Waals surface area contributed by atoms with Gasteiger partial charge in [-0.15, -0.1) is 0 Å². The van der Waals surface area contributed by atoms with E-state index in [0.717, 1.165) is 5.56 Å². The molecular weight excluding hydrogens is 372 g/mol. The third-order valence-electron chi connectivity index (χ3n) is 4.26. The predicted octanol–water partition coefficient (Wildman–Crippen LogP) is 4.05. The third-order valence-corrected chi connectivity index (χ3v) is 6.35. The molecule has 0 aliphatic carbocycles. The lowest BCUT2D eigenvalue weighted by molar-refractivity contribution is 0.0993. The van der Waals surface area contributed by atoms with E-state index < -0.39 is 15.7 Å². The minimum absolute atomic E-state index is 0.0916. The molecule has 1 amide bonds. The maximum atomic E-state index is 13.2. The van der Waals surface area contributed by atoms with Gasteiger partial charge in [0, 0.05) is 15.9 Å². The summed E-state index contributed by atoms with van der Waals surface area (Å²) in [6.07, 6.45) is 0. The Labute approximate surface area is 157 Å². The second kappa shape index (κ2) is 6.14. The lowest BCUT2D eigenvalue weighted by Crippen LogP contribution is -2.16. The molecule has 0 saturated heterocycles. The number of carbonyl (C=O) groups is 1. The maximum absolute atomic E-state index is 13.2. The Morgan fingerprint density at radius 1 is 1.08 bits per heavy atom. The van der Waals surface area contributed by atoms with Gasteiger partial charge in [0.05, 0.1) is 4.90 Å². The minimum atomic E-state index is -3.97. The summed E-state index contributed by atoms with van der Waals surface area (Å²) in [5.41, 5.74) is 6.64. The molecule has 0 saturated carbocycles. The van der Waals surface area contributed by atoms with Crippen molar-refractivity contribution in [1.29, 1.82) is 0 Å². The van der Waals surface area contributed by atoms with E-state index in [0.29, 0.717) is 15.9 Å². The van der Waals surface area contributed by atoms with Crippen molar-refractivity contribution in [2.24, 2.45) is 5.73 Å². The Bertz CT molecular complexity index is 1110. The molecule has 3 aromatic rings. The highest BCUT2D eigenvalue weighted by Crippen LogP contribution is 2.34. The average Bonchev–Trinajstić information content (AvgIpc) is 2.93. The number of halogens is 1. The fourth-order valence-electron chi connectivity index (χ4n) is 2.84. The number of hydrogen-bond donors (Lipinski definition) is 2. The summed E-state index contributed by atoms with van der Waals surface area (Å²) >= 11 is 6.02. The summed E-state index contributed by atoms with van der Waals surface area (Å²) in [5, 5.41) is 0.707. The van der Waals surface area contributed by atoms with Crippen LogP contribution in [-0.2, 0) is 15.3 Å². The van der Waals surface area contributed by atoms with E-state index in [9.17, 15) is 13.2 Å². The SMILES string of the molecule is CC(C)(C)c1ccc(S(=O)(=O)c2c(C(N)=O)[nH]c3ccc(Cl)cc23)cc1. The topological polar surface area (TPSA) is 93.0 Å². The number of fused-ring (bicyclic) bond motifs is 1. The Balaban J connectivity index is 2.26. The Morgan fingerprint density at radius 2 is 1.69 bits per heavy atom. The van der Waals surface area contributed by atoms with Gasteiger partial charge in [0.25, 0.3) is 5.91 Å². The van der Waals surface area contributed by atoms with Crippen molar-refractivity contribution in [3.63, 3.8) is 0 Å². The summed E-state index contributed by atoms with van der Waals surface area (Å²) in [6, 6.07) is 11.4. The molecular formula is C19H19ClN2O3S. The lowest BCUT2D eigenvalue weighted by Gasteiger charge is -2.19. The molecule has 0 unspecified atom stereocenters. The molecule has 0 atom stereocenters. The summed E-state index contributed by atoms with van der Waals surface area (Å²) < 4.78 is 26.5. The third kappa shape index (κ3) is 3.10. The summed E-state index contributed by atoms with van der Waals surface area (Å²) in [5.74, 6) is -0.845. The Hall–Kier alpha value is -2.31. The molecule has 0 radical (unpaired) electrons. The number of H-pyrrole nitrogens is 1. The van der Waals surface area contributed by atoms with Crippen LogP contribution in [0.5, 0.6) is 0 Å². The van der Waals surface area contributed by atoms with Crippen LogP contribution in [0.15, 0.2) is 52.3 Å². The van der Waals surface area contributed by atoms with Crippen LogP contribution in [0, 0.1) is 0 Å². The zero-order chi connectivity index (χ0) is 19.3. The van der Waals surface area contributed by atoms with Crippen LogP contribution in [0.4, 0.5) is 0 Å². The van der Waals surface area contributed by atoms with E-state index in [4.69, 9.17) is 17.3 Å². The van der Waals surface area contributed by atoms with E-state index >= 15 is 0 Å². The molecule has 0 fully saturated rings. The molecule has 0 aliphatic heterocycles. The van der Waals surface area contributed by atoms with Crippen molar-refractivity contribution in [2.45, 2.75) is 36.0 Å². The zero-order valence-electron chi connectivity index (χ0n) is 14.6. The fourth-order valence-corrected chi connectivity index (χ4v) is 4.62. The number of sulfone groups is 1. The number of nitrogens with two attached hydrogens (primary N) is 1. The van der Waals surface area contributed by atoms with Gasteiger partial charge in [0.1, 0.15) is 10.6 Å². The first-order chi connectivity index (χ1) is 12.0. The summed E-state index contributed by atoms with van der Waals surface area (Å²) in [7, 11) is -3.97. The molecule has 7 heteroatoms. The molecule has 0 aliphatic rings. The van der Waals surface area contributed by atoms with Crippen LogP contribution >= 0.6 is 11.6 Å². The van der Waals surface area contributed by atoms with Gasteiger partial charge in [-0.2, -0.15) is 0 Å². The highest BCUT2D eigenvalue weighted by molar-refractivity contribution is 7.91. The van der Waals surface area contributed by atoms with E-state index in [1.165, 1.54) is 6.07 Å². The van der Waals surface area contributed by atoms with E-state index in [1.54, 1.807) is 36.4 Å². The van der Waals surface area contributed by atoms with Gasteiger partial charge in [-0.05, 0) is 41.3 Å². The fraction of sp³-hybridized carbons (Fsp3) is 0.211. The second-order valence-corrected chi connectivity index (χ2v) is 9.48. The van der Waals surface area contributed by atoms with Gasteiger partial charge in [0.2, 0.25) is 9.84 Å². The molecule has 1 heterocycles. The van der Waals surface area contributed by atoms with Gasteiger partial charge in [-0.25, -0.2) is 8.42 Å². The number of rotatable bonds is 3. The summed E-state index contributed by atoms with van der Waals surface area (Å²) in [6.45, 7) is 6.14. The van der Waals surface area contributed by atoms with Crippen molar-refractivity contribution >= 4 is 38.2 Å². The monoisotopic (exact) mass is 390 g/mol. The first kappa shape index (κ1) is 18.5.